The van der Waals surface area contributed by atoms with E-state index < -0.39 is 17.5 Å². The molecule has 0 unspecified atom stereocenters. The summed E-state index contributed by atoms with van der Waals surface area (Å²) >= 11 is 5.95. The average Bonchev–Trinajstić information content (AvgIpc) is 3.25. The number of piperazine rings is 1. The first-order chi connectivity index (χ1) is 14.5. The molecule has 3 heterocycles. The molecule has 1 aromatic carbocycles. The molecular formula is C20H18ClFN6O2. The summed E-state index contributed by atoms with van der Waals surface area (Å²) in [6.07, 6.45) is 4.39. The predicted octanol–water partition coefficient (Wildman–Crippen LogP) is 2.49. The maximum atomic E-state index is 14.0. The topological polar surface area (TPSA) is 103 Å². The van der Waals surface area contributed by atoms with Crippen molar-refractivity contribution in [1.82, 2.24) is 20.3 Å². The summed E-state index contributed by atoms with van der Waals surface area (Å²) in [6.45, 7) is 3.37. The van der Waals surface area contributed by atoms with Crippen LogP contribution < -0.4 is 15.5 Å². The molecule has 10 heteroatoms. The number of anilines is 2. The van der Waals surface area contributed by atoms with Crippen molar-refractivity contribution in [1.29, 1.82) is 0 Å². The van der Waals surface area contributed by atoms with Gasteiger partial charge < -0.3 is 20.5 Å². The maximum absolute atomic E-state index is 14.0. The number of aromatic nitrogens is 3. The molecule has 1 saturated heterocycles. The van der Waals surface area contributed by atoms with Gasteiger partial charge in [0.1, 0.15) is 11.5 Å². The van der Waals surface area contributed by atoms with Crippen molar-refractivity contribution in [3.63, 3.8) is 0 Å². The minimum absolute atomic E-state index is 0.00827. The van der Waals surface area contributed by atoms with Gasteiger partial charge in [0.25, 0.3) is 5.91 Å². The fourth-order valence-corrected chi connectivity index (χ4v) is 3.38. The van der Waals surface area contributed by atoms with Crippen LogP contribution in [-0.2, 0) is 0 Å². The zero-order valence-electron chi connectivity index (χ0n) is 15.8. The lowest BCUT2D eigenvalue weighted by Crippen LogP contribution is -2.44. The number of aromatic amines is 1. The summed E-state index contributed by atoms with van der Waals surface area (Å²) in [5.41, 5.74) is 0.440. The van der Waals surface area contributed by atoms with E-state index in [9.17, 15) is 14.0 Å². The Morgan fingerprint density at radius 2 is 1.90 bits per heavy atom. The Balaban J connectivity index is 1.45. The van der Waals surface area contributed by atoms with Crippen LogP contribution in [0.5, 0.6) is 0 Å². The molecule has 1 aliphatic rings. The van der Waals surface area contributed by atoms with E-state index in [2.05, 4.69) is 30.5 Å². The molecule has 0 spiro atoms. The van der Waals surface area contributed by atoms with Crippen LogP contribution >= 0.6 is 11.6 Å². The molecule has 0 atom stereocenters. The molecule has 0 bridgehead atoms. The van der Waals surface area contributed by atoms with Gasteiger partial charge in [-0.05, 0) is 18.2 Å². The van der Waals surface area contributed by atoms with Gasteiger partial charge >= 0.3 is 0 Å². The lowest BCUT2D eigenvalue weighted by Gasteiger charge is -2.27. The molecule has 0 radical (unpaired) electrons. The fraction of sp³-hybridized carbons (Fsp3) is 0.200. The predicted molar refractivity (Wildman–Crippen MR) is 111 cm³/mol. The van der Waals surface area contributed by atoms with Crippen molar-refractivity contribution in [3.05, 3.63) is 70.5 Å². The van der Waals surface area contributed by atoms with Crippen molar-refractivity contribution in [3.8, 4) is 0 Å². The Morgan fingerprint density at radius 1 is 1.17 bits per heavy atom. The molecule has 4 rings (SSSR count). The number of amides is 1. The molecule has 1 fully saturated rings. The molecule has 0 saturated carbocycles. The summed E-state index contributed by atoms with van der Waals surface area (Å²) in [7, 11) is 0. The van der Waals surface area contributed by atoms with Crippen LogP contribution in [-0.4, -0.2) is 52.8 Å². The largest absolute Gasteiger partial charge is 0.356 e. The molecule has 2 aromatic heterocycles. The van der Waals surface area contributed by atoms with Crippen molar-refractivity contribution in [2.45, 2.75) is 0 Å². The molecule has 3 aromatic rings. The average molecular weight is 429 g/mol. The van der Waals surface area contributed by atoms with E-state index in [0.29, 0.717) is 11.6 Å². The smallest absolute Gasteiger partial charge is 0.272 e. The highest BCUT2D eigenvalue weighted by Gasteiger charge is 2.20. The van der Waals surface area contributed by atoms with Crippen molar-refractivity contribution in [2.24, 2.45) is 0 Å². The van der Waals surface area contributed by atoms with Gasteiger partial charge in [-0.15, -0.1) is 0 Å². The Kier molecular flexibility index (Phi) is 5.73. The highest BCUT2D eigenvalue weighted by atomic mass is 35.5. The van der Waals surface area contributed by atoms with E-state index in [1.165, 1.54) is 36.8 Å². The lowest BCUT2D eigenvalue weighted by molar-refractivity contribution is 0.102. The second-order valence-corrected chi connectivity index (χ2v) is 7.10. The Labute approximate surface area is 176 Å². The number of hydrogen-bond acceptors (Lipinski definition) is 6. The number of hydrogen-bond donors (Lipinski definition) is 3. The van der Waals surface area contributed by atoms with Crippen molar-refractivity contribution >= 4 is 34.9 Å². The standard InChI is InChI=1S/C20H18ClFN6O2/c21-14-2-1-3-15(22)17(14)18(29)12-8-16(24-9-12)19(30)27-13-10-25-20(26-11-13)28-6-4-23-5-7-28/h1-3,8-11,23-24H,4-7H2,(H,27,30). The molecule has 8 nitrogen and oxygen atoms in total. The molecular weight excluding hydrogens is 411 g/mol. The molecule has 0 aliphatic carbocycles. The van der Waals surface area contributed by atoms with Crippen LogP contribution in [0.4, 0.5) is 16.0 Å². The Morgan fingerprint density at radius 3 is 2.60 bits per heavy atom. The van der Waals surface area contributed by atoms with E-state index in [0.717, 1.165) is 32.2 Å². The van der Waals surface area contributed by atoms with E-state index in [-0.39, 0.29) is 21.8 Å². The molecule has 1 aliphatic heterocycles. The summed E-state index contributed by atoms with van der Waals surface area (Å²) in [5.74, 6) is -1.21. The monoisotopic (exact) mass is 428 g/mol. The van der Waals surface area contributed by atoms with Gasteiger partial charge in [0, 0.05) is 37.9 Å². The van der Waals surface area contributed by atoms with Gasteiger partial charge in [-0.25, -0.2) is 14.4 Å². The number of H-pyrrole nitrogens is 1. The second-order valence-electron chi connectivity index (χ2n) is 6.69. The van der Waals surface area contributed by atoms with Crippen LogP contribution in [0.2, 0.25) is 5.02 Å². The van der Waals surface area contributed by atoms with E-state index in [4.69, 9.17) is 11.6 Å². The van der Waals surface area contributed by atoms with Gasteiger partial charge in [-0.1, -0.05) is 17.7 Å². The van der Waals surface area contributed by atoms with Crippen LogP contribution in [0.15, 0.2) is 42.9 Å². The number of rotatable bonds is 5. The molecule has 1 amide bonds. The number of carbonyl (C=O) groups is 2. The number of nitrogens with one attached hydrogen (secondary N) is 3. The van der Waals surface area contributed by atoms with E-state index in [1.54, 1.807) is 0 Å². The van der Waals surface area contributed by atoms with E-state index in [1.807, 2.05) is 0 Å². The van der Waals surface area contributed by atoms with Gasteiger partial charge in [0.15, 0.2) is 5.78 Å². The Bertz CT molecular complexity index is 1060. The third-order valence-corrected chi connectivity index (χ3v) is 4.99. The number of ketones is 1. The quantitative estimate of drug-likeness (QED) is 0.539. The van der Waals surface area contributed by atoms with Gasteiger partial charge in [-0.2, -0.15) is 0 Å². The summed E-state index contributed by atoms with van der Waals surface area (Å²) in [4.78, 5) is 38.4. The van der Waals surface area contributed by atoms with Crippen LogP contribution in [0.1, 0.15) is 26.4 Å². The van der Waals surface area contributed by atoms with Crippen LogP contribution in [0.25, 0.3) is 0 Å². The van der Waals surface area contributed by atoms with Gasteiger partial charge in [0.2, 0.25) is 5.95 Å². The fourth-order valence-electron chi connectivity index (χ4n) is 3.13. The number of halogens is 2. The SMILES string of the molecule is O=C(Nc1cnc(N2CCNCC2)nc1)c1cc(C(=O)c2c(F)cccc2Cl)c[nH]1. The first-order valence-corrected chi connectivity index (χ1v) is 9.67. The minimum Gasteiger partial charge on any atom is -0.356 e. The third-order valence-electron chi connectivity index (χ3n) is 4.68. The highest BCUT2D eigenvalue weighted by Crippen LogP contribution is 2.23. The van der Waals surface area contributed by atoms with Crippen LogP contribution in [0, 0.1) is 5.82 Å². The first kappa shape index (κ1) is 20.0. The number of nitrogens with zero attached hydrogens (tertiary/aromatic N) is 3. The maximum Gasteiger partial charge on any atom is 0.272 e. The molecule has 3 N–H and O–H groups in total. The van der Waals surface area contributed by atoms with E-state index >= 15 is 0 Å². The highest BCUT2D eigenvalue weighted by molar-refractivity contribution is 6.35. The first-order valence-electron chi connectivity index (χ1n) is 9.29. The van der Waals surface area contributed by atoms with Crippen LogP contribution in [0.3, 0.4) is 0 Å². The minimum atomic E-state index is -0.721. The summed E-state index contributed by atoms with van der Waals surface area (Å²) in [6, 6.07) is 5.35. The summed E-state index contributed by atoms with van der Waals surface area (Å²) in [5, 5.41) is 5.93. The lowest BCUT2D eigenvalue weighted by atomic mass is 10.1. The Hall–Kier alpha value is -3.30. The zero-order valence-corrected chi connectivity index (χ0v) is 16.5. The van der Waals surface area contributed by atoms with Gasteiger partial charge in [0.05, 0.1) is 28.7 Å². The normalized spacial score (nSPS) is 13.9. The third kappa shape index (κ3) is 4.17. The number of benzene rings is 1. The molecule has 154 valence electrons. The summed E-state index contributed by atoms with van der Waals surface area (Å²) < 4.78 is 14.0. The zero-order chi connectivity index (χ0) is 21.1. The second kappa shape index (κ2) is 8.60. The number of carbonyl (C=O) groups excluding carboxylic acids is 2. The van der Waals surface area contributed by atoms with Crippen molar-refractivity contribution in [2.75, 3.05) is 36.4 Å². The van der Waals surface area contributed by atoms with Crippen molar-refractivity contribution < 1.29 is 14.0 Å². The van der Waals surface area contributed by atoms with Gasteiger partial charge in [-0.3, -0.25) is 9.59 Å². The molecule has 30 heavy (non-hydrogen) atoms.